The fourth-order valence-electron chi connectivity index (χ4n) is 1.03. The fraction of sp³-hybridized carbons (Fsp3) is 0.917. The van der Waals surface area contributed by atoms with Crippen LogP contribution >= 0.6 is 0 Å². The van der Waals surface area contributed by atoms with E-state index in [4.69, 9.17) is 0 Å². The zero-order chi connectivity index (χ0) is 11.9. The molecule has 0 aliphatic rings. The molecule has 3 nitrogen and oxygen atoms in total. The van der Waals surface area contributed by atoms with E-state index in [0.717, 1.165) is 19.5 Å². The molecular weight excluding hydrogens is 188 g/mol. The summed E-state index contributed by atoms with van der Waals surface area (Å²) in [6, 6.07) is 0.449. The molecule has 15 heavy (non-hydrogen) atoms. The third-order valence-electron chi connectivity index (χ3n) is 2.63. The van der Waals surface area contributed by atoms with Gasteiger partial charge in [0, 0.05) is 25.6 Å². The average Bonchev–Trinajstić information content (AvgIpc) is 2.14. The normalized spacial score (nSPS) is 11.9. The molecular formula is C12H26N2O. The number of carbonyl (C=O) groups is 1. The van der Waals surface area contributed by atoms with E-state index in [1.54, 1.807) is 0 Å². The van der Waals surface area contributed by atoms with Gasteiger partial charge in [0.05, 0.1) is 0 Å². The highest BCUT2D eigenvalue weighted by atomic mass is 16.1. The van der Waals surface area contributed by atoms with Gasteiger partial charge < -0.3 is 10.6 Å². The Labute approximate surface area is 94.0 Å². The number of nitrogens with one attached hydrogen (secondary N) is 2. The molecule has 0 bridgehead atoms. The van der Waals surface area contributed by atoms with Crippen molar-refractivity contribution in [2.75, 3.05) is 13.1 Å². The highest BCUT2D eigenvalue weighted by Crippen LogP contribution is 2.17. The summed E-state index contributed by atoms with van der Waals surface area (Å²) in [5.41, 5.74) is 0.209. The minimum absolute atomic E-state index is 0.143. The summed E-state index contributed by atoms with van der Waals surface area (Å²) in [5, 5.41) is 6.20. The van der Waals surface area contributed by atoms with Crippen molar-refractivity contribution in [1.82, 2.24) is 10.6 Å². The van der Waals surface area contributed by atoms with E-state index in [1.165, 1.54) is 0 Å². The maximum absolute atomic E-state index is 11.4. The van der Waals surface area contributed by atoms with Gasteiger partial charge in [-0.25, -0.2) is 0 Å². The van der Waals surface area contributed by atoms with Crippen molar-refractivity contribution in [1.29, 1.82) is 0 Å². The Kier molecular flexibility index (Phi) is 6.57. The van der Waals surface area contributed by atoms with E-state index in [9.17, 15) is 4.79 Å². The molecule has 1 amide bonds. The Morgan fingerprint density at radius 2 is 1.93 bits per heavy atom. The molecule has 0 heterocycles. The first-order chi connectivity index (χ1) is 6.87. The molecule has 0 saturated carbocycles. The molecule has 0 fully saturated rings. The smallest absolute Gasteiger partial charge is 0.221 e. The van der Waals surface area contributed by atoms with Gasteiger partial charge in [-0.1, -0.05) is 34.6 Å². The molecule has 0 atom stereocenters. The minimum Gasteiger partial charge on any atom is -0.356 e. The largest absolute Gasteiger partial charge is 0.356 e. The summed E-state index contributed by atoms with van der Waals surface area (Å²) in [7, 11) is 0. The van der Waals surface area contributed by atoms with Crippen LogP contribution in [0.5, 0.6) is 0 Å². The van der Waals surface area contributed by atoms with Crippen LogP contribution in [0, 0.1) is 5.41 Å². The van der Waals surface area contributed by atoms with Gasteiger partial charge in [0.2, 0.25) is 5.91 Å². The lowest BCUT2D eigenvalue weighted by atomic mass is 9.90. The molecule has 3 heteroatoms. The lowest BCUT2D eigenvalue weighted by Crippen LogP contribution is -2.35. The molecule has 2 N–H and O–H groups in total. The Morgan fingerprint density at radius 3 is 2.40 bits per heavy atom. The first kappa shape index (κ1) is 14.4. The first-order valence-electron chi connectivity index (χ1n) is 5.87. The molecule has 0 spiro atoms. The van der Waals surface area contributed by atoms with Gasteiger partial charge in [0.25, 0.3) is 0 Å². The Morgan fingerprint density at radius 1 is 1.33 bits per heavy atom. The predicted octanol–water partition coefficient (Wildman–Crippen LogP) is 1.93. The summed E-state index contributed by atoms with van der Waals surface area (Å²) in [6.45, 7) is 12.2. The molecule has 90 valence electrons. The maximum atomic E-state index is 11.4. The lowest BCUT2D eigenvalue weighted by molar-refractivity contribution is -0.121. The number of carbonyl (C=O) groups excluding carboxylic acids is 1. The van der Waals surface area contributed by atoms with Crippen LogP contribution in [0.25, 0.3) is 0 Å². The van der Waals surface area contributed by atoms with Crippen molar-refractivity contribution in [2.24, 2.45) is 5.41 Å². The average molecular weight is 214 g/mol. The van der Waals surface area contributed by atoms with Crippen molar-refractivity contribution < 1.29 is 4.79 Å². The highest BCUT2D eigenvalue weighted by molar-refractivity contribution is 5.76. The lowest BCUT2D eigenvalue weighted by Gasteiger charge is -2.22. The van der Waals surface area contributed by atoms with E-state index in [-0.39, 0.29) is 11.3 Å². The number of hydrogen-bond donors (Lipinski definition) is 2. The summed E-state index contributed by atoms with van der Waals surface area (Å²) in [6.07, 6.45) is 1.65. The van der Waals surface area contributed by atoms with Gasteiger partial charge in [-0.05, 0) is 11.8 Å². The molecule has 0 radical (unpaired) electrons. The molecule has 0 saturated heterocycles. The summed E-state index contributed by atoms with van der Waals surface area (Å²) < 4.78 is 0. The van der Waals surface area contributed by atoms with Crippen LogP contribution in [0.4, 0.5) is 0 Å². The number of hydrogen-bond acceptors (Lipinski definition) is 2. The quantitative estimate of drug-likeness (QED) is 0.680. The van der Waals surface area contributed by atoms with Crippen LogP contribution in [0.1, 0.15) is 47.5 Å². The molecule has 0 aliphatic heterocycles. The second-order valence-electron chi connectivity index (χ2n) is 5.15. The highest BCUT2D eigenvalue weighted by Gasteiger charge is 2.15. The zero-order valence-corrected chi connectivity index (χ0v) is 10.8. The van der Waals surface area contributed by atoms with Crippen LogP contribution in [0.15, 0.2) is 0 Å². The predicted molar refractivity (Wildman–Crippen MR) is 64.8 cm³/mol. The molecule has 0 aromatic rings. The van der Waals surface area contributed by atoms with E-state index in [0.29, 0.717) is 12.5 Å². The second-order valence-corrected chi connectivity index (χ2v) is 5.15. The van der Waals surface area contributed by atoms with Crippen molar-refractivity contribution in [3.63, 3.8) is 0 Å². The third kappa shape index (κ3) is 8.43. The first-order valence-corrected chi connectivity index (χ1v) is 5.87. The monoisotopic (exact) mass is 214 g/mol. The standard InChI is InChI=1S/C12H26N2O/c1-6-12(4,5)9-14-11(15)7-8-13-10(2)3/h10,13H,6-9H2,1-5H3,(H,14,15). The van der Waals surface area contributed by atoms with E-state index < -0.39 is 0 Å². The van der Waals surface area contributed by atoms with Gasteiger partial charge in [0.15, 0.2) is 0 Å². The second kappa shape index (κ2) is 6.83. The molecule has 0 aromatic heterocycles. The van der Waals surface area contributed by atoms with Crippen LogP contribution in [-0.2, 0) is 4.79 Å². The molecule has 0 unspecified atom stereocenters. The van der Waals surface area contributed by atoms with Crippen LogP contribution in [0.2, 0.25) is 0 Å². The van der Waals surface area contributed by atoms with Crippen molar-refractivity contribution in [2.45, 2.75) is 53.5 Å². The van der Waals surface area contributed by atoms with Crippen molar-refractivity contribution >= 4 is 5.91 Å². The van der Waals surface area contributed by atoms with Gasteiger partial charge >= 0.3 is 0 Å². The number of amides is 1. The zero-order valence-electron chi connectivity index (χ0n) is 10.8. The van der Waals surface area contributed by atoms with Gasteiger partial charge in [-0.2, -0.15) is 0 Å². The number of rotatable bonds is 7. The van der Waals surface area contributed by atoms with Crippen molar-refractivity contribution in [3.8, 4) is 0 Å². The van der Waals surface area contributed by atoms with Gasteiger partial charge in [0.1, 0.15) is 0 Å². The van der Waals surface area contributed by atoms with Gasteiger partial charge in [-0.3, -0.25) is 4.79 Å². The fourth-order valence-corrected chi connectivity index (χ4v) is 1.03. The summed E-state index contributed by atoms with van der Waals surface area (Å²) >= 11 is 0. The van der Waals surface area contributed by atoms with Gasteiger partial charge in [-0.15, -0.1) is 0 Å². The SMILES string of the molecule is CCC(C)(C)CNC(=O)CCNC(C)C. The van der Waals surface area contributed by atoms with E-state index in [2.05, 4.69) is 45.3 Å². The Balaban J connectivity index is 3.58. The summed E-state index contributed by atoms with van der Waals surface area (Å²) in [5.74, 6) is 0.143. The Bertz CT molecular complexity index is 188. The topological polar surface area (TPSA) is 41.1 Å². The van der Waals surface area contributed by atoms with Crippen LogP contribution in [-0.4, -0.2) is 25.0 Å². The molecule has 0 rings (SSSR count). The van der Waals surface area contributed by atoms with Crippen LogP contribution in [0.3, 0.4) is 0 Å². The summed E-state index contributed by atoms with van der Waals surface area (Å²) in [4.78, 5) is 11.4. The third-order valence-corrected chi connectivity index (χ3v) is 2.63. The molecule has 0 aliphatic carbocycles. The van der Waals surface area contributed by atoms with Crippen LogP contribution < -0.4 is 10.6 Å². The van der Waals surface area contributed by atoms with Crippen molar-refractivity contribution in [3.05, 3.63) is 0 Å². The molecule has 0 aromatic carbocycles. The van der Waals surface area contributed by atoms with E-state index in [1.807, 2.05) is 0 Å². The Hall–Kier alpha value is -0.570. The minimum atomic E-state index is 0.143. The maximum Gasteiger partial charge on any atom is 0.221 e. The van der Waals surface area contributed by atoms with E-state index >= 15 is 0 Å².